The highest BCUT2D eigenvalue weighted by atomic mass is 16.6. The summed E-state index contributed by atoms with van der Waals surface area (Å²) in [6, 6.07) is 19.0. The molecule has 4 rings (SSSR count). The lowest BCUT2D eigenvalue weighted by molar-refractivity contribution is -0.384. The van der Waals surface area contributed by atoms with Gasteiger partial charge in [0.2, 0.25) is 5.78 Å². The van der Waals surface area contributed by atoms with Gasteiger partial charge in [-0.15, -0.1) is 0 Å². The fourth-order valence-electron chi connectivity index (χ4n) is 2.73. The number of nitrogens with zero attached hydrogens (tertiary/aromatic N) is 1. The Morgan fingerprint density at radius 2 is 1.67 bits per heavy atom. The van der Waals surface area contributed by atoms with Crippen LogP contribution < -0.4 is 0 Å². The molecular weight excluding hydrogens is 306 g/mol. The standard InChI is InChI=1S/C19H11NO4/c21-19(14-6-5-12-3-1-2-4-13(12)9-14)18-11-15-10-16(20(22)23)7-8-17(15)24-18/h1-11H. The van der Waals surface area contributed by atoms with Gasteiger partial charge in [0.05, 0.1) is 4.92 Å². The first-order valence-electron chi connectivity index (χ1n) is 7.33. The number of rotatable bonds is 3. The van der Waals surface area contributed by atoms with Crippen molar-refractivity contribution in [2.75, 3.05) is 0 Å². The van der Waals surface area contributed by atoms with E-state index in [1.54, 1.807) is 12.1 Å². The number of nitro benzene ring substituents is 1. The first-order valence-corrected chi connectivity index (χ1v) is 7.33. The van der Waals surface area contributed by atoms with Crippen LogP contribution in [0.1, 0.15) is 16.1 Å². The van der Waals surface area contributed by atoms with E-state index in [-0.39, 0.29) is 17.2 Å². The molecule has 0 aliphatic heterocycles. The molecular formula is C19H11NO4. The molecule has 4 aromatic rings. The summed E-state index contributed by atoms with van der Waals surface area (Å²) < 4.78 is 5.56. The topological polar surface area (TPSA) is 73.3 Å². The highest BCUT2D eigenvalue weighted by molar-refractivity contribution is 6.10. The monoisotopic (exact) mass is 317 g/mol. The van der Waals surface area contributed by atoms with Gasteiger partial charge in [0, 0.05) is 23.1 Å². The van der Waals surface area contributed by atoms with E-state index in [4.69, 9.17) is 4.42 Å². The molecule has 0 aliphatic carbocycles. The number of benzene rings is 3. The summed E-state index contributed by atoms with van der Waals surface area (Å²) >= 11 is 0. The largest absolute Gasteiger partial charge is 0.453 e. The van der Waals surface area contributed by atoms with Crippen LogP contribution in [-0.4, -0.2) is 10.7 Å². The van der Waals surface area contributed by atoms with E-state index in [9.17, 15) is 14.9 Å². The van der Waals surface area contributed by atoms with Crippen LogP contribution in [0.25, 0.3) is 21.7 Å². The number of nitro groups is 1. The average molecular weight is 317 g/mol. The average Bonchev–Trinajstić information content (AvgIpc) is 3.03. The SMILES string of the molecule is O=C(c1ccc2ccccc2c1)c1cc2cc([N+](=O)[O-])ccc2o1. The fraction of sp³-hybridized carbons (Fsp3) is 0. The van der Waals surface area contributed by atoms with Gasteiger partial charge >= 0.3 is 0 Å². The van der Waals surface area contributed by atoms with Crippen molar-refractivity contribution in [3.05, 3.63) is 88.2 Å². The fourth-order valence-corrected chi connectivity index (χ4v) is 2.73. The summed E-state index contributed by atoms with van der Waals surface area (Å²) in [5.74, 6) is -0.0830. The zero-order valence-electron chi connectivity index (χ0n) is 12.4. The minimum absolute atomic E-state index is 0.0343. The van der Waals surface area contributed by atoms with Crippen molar-refractivity contribution in [3.8, 4) is 0 Å². The van der Waals surface area contributed by atoms with Crippen molar-refractivity contribution in [1.29, 1.82) is 0 Å². The molecule has 0 amide bonds. The first-order chi connectivity index (χ1) is 11.6. The molecule has 24 heavy (non-hydrogen) atoms. The molecule has 0 aliphatic rings. The lowest BCUT2D eigenvalue weighted by atomic mass is 10.0. The van der Waals surface area contributed by atoms with Crippen LogP contribution in [0.4, 0.5) is 5.69 Å². The molecule has 0 unspecified atom stereocenters. The van der Waals surface area contributed by atoms with Gasteiger partial charge in [-0.2, -0.15) is 0 Å². The van der Waals surface area contributed by atoms with Crippen LogP contribution in [0, 0.1) is 10.1 Å². The van der Waals surface area contributed by atoms with E-state index in [1.807, 2.05) is 36.4 Å². The second-order valence-electron chi connectivity index (χ2n) is 5.48. The summed E-state index contributed by atoms with van der Waals surface area (Å²) in [5, 5.41) is 13.4. The third kappa shape index (κ3) is 2.32. The molecule has 1 heterocycles. The van der Waals surface area contributed by atoms with Crippen molar-refractivity contribution < 1.29 is 14.1 Å². The summed E-state index contributed by atoms with van der Waals surface area (Å²) in [6.07, 6.45) is 0. The number of carbonyl (C=O) groups excluding carboxylic acids is 1. The van der Waals surface area contributed by atoms with Crippen molar-refractivity contribution in [3.63, 3.8) is 0 Å². The van der Waals surface area contributed by atoms with Crippen LogP contribution in [0.5, 0.6) is 0 Å². The zero-order chi connectivity index (χ0) is 16.7. The Hall–Kier alpha value is -3.47. The van der Waals surface area contributed by atoms with Crippen molar-refractivity contribution >= 4 is 33.2 Å². The van der Waals surface area contributed by atoms with Gasteiger partial charge in [-0.05, 0) is 29.0 Å². The molecule has 5 heteroatoms. The van der Waals surface area contributed by atoms with Crippen LogP contribution in [0.2, 0.25) is 0 Å². The van der Waals surface area contributed by atoms with E-state index in [0.717, 1.165) is 10.8 Å². The van der Waals surface area contributed by atoms with E-state index >= 15 is 0 Å². The zero-order valence-corrected chi connectivity index (χ0v) is 12.4. The molecule has 0 saturated carbocycles. The number of ketones is 1. The molecule has 0 saturated heterocycles. The highest BCUT2D eigenvalue weighted by Crippen LogP contribution is 2.26. The first kappa shape index (κ1) is 14.1. The van der Waals surface area contributed by atoms with Crippen molar-refractivity contribution in [2.45, 2.75) is 0 Å². The van der Waals surface area contributed by atoms with E-state index in [0.29, 0.717) is 16.5 Å². The van der Waals surface area contributed by atoms with Gasteiger partial charge in [0.15, 0.2) is 5.76 Å². The second-order valence-corrected chi connectivity index (χ2v) is 5.48. The molecule has 0 radical (unpaired) electrons. The number of fused-ring (bicyclic) bond motifs is 2. The number of carbonyl (C=O) groups is 1. The van der Waals surface area contributed by atoms with Crippen LogP contribution in [0.15, 0.2) is 71.1 Å². The van der Waals surface area contributed by atoms with Gasteiger partial charge < -0.3 is 4.42 Å². The Bertz CT molecular complexity index is 1110. The minimum atomic E-state index is -0.475. The second kappa shape index (κ2) is 5.31. The number of non-ortho nitro benzene ring substituents is 1. The predicted molar refractivity (Wildman–Crippen MR) is 90.2 cm³/mol. The summed E-state index contributed by atoms with van der Waals surface area (Å²) in [4.78, 5) is 23.0. The quantitative estimate of drug-likeness (QED) is 0.311. The molecule has 0 fully saturated rings. The molecule has 0 atom stereocenters. The van der Waals surface area contributed by atoms with Gasteiger partial charge in [-0.25, -0.2) is 0 Å². The smallest absolute Gasteiger partial charge is 0.270 e. The summed E-state index contributed by atoms with van der Waals surface area (Å²) in [6.45, 7) is 0. The Morgan fingerprint density at radius 1 is 0.875 bits per heavy atom. The maximum atomic E-state index is 12.7. The lowest BCUT2D eigenvalue weighted by Crippen LogP contribution is -1.99. The van der Waals surface area contributed by atoms with Gasteiger partial charge in [0.1, 0.15) is 5.58 Å². The van der Waals surface area contributed by atoms with E-state index in [2.05, 4.69) is 0 Å². The van der Waals surface area contributed by atoms with Crippen LogP contribution in [0.3, 0.4) is 0 Å². The van der Waals surface area contributed by atoms with Crippen LogP contribution in [-0.2, 0) is 0 Å². The van der Waals surface area contributed by atoms with E-state index < -0.39 is 4.92 Å². The molecule has 5 nitrogen and oxygen atoms in total. The summed E-state index contributed by atoms with van der Waals surface area (Å²) in [7, 11) is 0. The molecule has 3 aromatic carbocycles. The molecule has 0 N–H and O–H groups in total. The van der Waals surface area contributed by atoms with Crippen molar-refractivity contribution in [1.82, 2.24) is 0 Å². The Kier molecular flexibility index (Phi) is 3.13. The van der Waals surface area contributed by atoms with E-state index in [1.165, 1.54) is 18.2 Å². The number of furan rings is 1. The third-order valence-electron chi connectivity index (χ3n) is 3.95. The Balaban J connectivity index is 1.77. The van der Waals surface area contributed by atoms with Crippen molar-refractivity contribution in [2.24, 2.45) is 0 Å². The van der Waals surface area contributed by atoms with Gasteiger partial charge in [0.25, 0.3) is 5.69 Å². The maximum Gasteiger partial charge on any atom is 0.270 e. The number of hydrogen-bond donors (Lipinski definition) is 0. The minimum Gasteiger partial charge on any atom is -0.453 e. The lowest BCUT2D eigenvalue weighted by Gasteiger charge is -2.01. The molecule has 1 aromatic heterocycles. The Morgan fingerprint density at radius 3 is 2.46 bits per heavy atom. The van der Waals surface area contributed by atoms with Crippen LogP contribution >= 0.6 is 0 Å². The third-order valence-corrected chi connectivity index (χ3v) is 3.95. The molecule has 0 bridgehead atoms. The normalized spacial score (nSPS) is 11.0. The number of hydrogen-bond acceptors (Lipinski definition) is 4. The summed E-state index contributed by atoms with van der Waals surface area (Å²) in [5.41, 5.74) is 0.931. The molecule has 116 valence electrons. The Labute approximate surface area is 136 Å². The molecule has 0 spiro atoms. The highest BCUT2D eigenvalue weighted by Gasteiger charge is 2.16. The van der Waals surface area contributed by atoms with Gasteiger partial charge in [-0.1, -0.05) is 36.4 Å². The maximum absolute atomic E-state index is 12.7. The predicted octanol–water partition coefficient (Wildman–Crippen LogP) is 4.73. The van der Waals surface area contributed by atoms with Gasteiger partial charge in [-0.3, -0.25) is 14.9 Å².